The van der Waals surface area contributed by atoms with Gasteiger partial charge in [0.15, 0.2) is 0 Å². The molecule has 1 nitrogen and oxygen atoms in total. The smallest absolute Gasteiger partial charge is 0.135 e. The molecule has 2 aromatic carbocycles. The molecule has 0 atom stereocenters. The SMILES string of the molecule is C=Cc1cc2ccccc2[c]c1OC(C)C. The molecule has 0 bridgehead atoms. The fraction of sp³-hybridized carbons (Fsp3) is 0.200. The predicted octanol–water partition coefficient (Wildman–Crippen LogP) is 4.07. The van der Waals surface area contributed by atoms with Gasteiger partial charge >= 0.3 is 0 Å². The summed E-state index contributed by atoms with van der Waals surface area (Å²) < 4.78 is 5.72. The number of hydrogen-bond acceptors (Lipinski definition) is 1. The monoisotopic (exact) mass is 211 g/mol. The molecule has 0 saturated carbocycles. The van der Waals surface area contributed by atoms with E-state index in [9.17, 15) is 0 Å². The zero-order valence-electron chi connectivity index (χ0n) is 9.66. The molecule has 81 valence electrons. The van der Waals surface area contributed by atoms with Crippen molar-refractivity contribution in [2.24, 2.45) is 0 Å². The Morgan fingerprint density at radius 1 is 1.31 bits per heavy atom. The lowest BCUT2D eigenvalue weighted by Gasteiger charge is -2.13. The first-order chi connectivity index (χ1) is 7.70. The second kappa shape index (κ2) is 4.40. The molecule has 1 heteroatoms. The summed E-state index contributed by atoms with van der Waals surface area (Å²) in [5, 5.41) is 2.23. The van der Waals surface area contributed by atoms with Crippen LogP contribution in [0.3, 0.4) is 0 Å². The van der Waals surface area contributed by atoms with Crippen molar-refractivity contribution >= 4 is 16.8 Å². The lowest BCUT2D eigenvalue weighted by atomic mass is 10.1. The number of ether oxygens (including phenoxy) is 1. The Balaban J connectivity index is 2.58. The van der Waals surface area contributed by atoms with E-state index >= 15 is 0 Å². The van der Waals surface area contributed by atoms with Gasteiger partial charge in [0.05, 0.1) is 6.10 Å². The van der Waals surface area contributed by atoms with E-state index in [1.807, 2.05) is 32.0 Å². The summed E-state index contributed by atoms with van der Waals surface area (Å²) in [7, 11) is 0. The molecule has 16 heavy (non-hydrogen) atoms. The zero-order chi connectivity index (χ0) is 11.5. The lowest BCUT2D eigenvalue weighted by Crippen LogP contribution is -2.06. The molecule has 1 radical (unpaired) electrons. The predicted molar refractivity (Wildman–Crippen MR) is 68.6 cm³/mol. The Morgan fingerprint density at radius 2 is 2.06 bits per heavy atom. The third-order valence-electron chi connectivity index (χ3n) is 2.36. The molecule has 0 heterocycles. The maximum atomic E-state index is 5.72. The molecule has 0 unspecified atom stereocenters. The lowest BCUT2D eigenvalue weighted by molar-refractivity contribution is 0.241. The van der Waals surface area contributed by atoms with E-state index in [0.29, 0.717) is 0 Å². The van der Waals surface area contributed by atoms with Crippen LogP contribution in [0.4, 0.5) is 0 Å². The average Bonchev–Trinajstić information content (AvgIpc) is 2.27. The van der Waals surface area contributed by atoms with Crippen molar-refractivity contribution in [3.05, 3.63) is 48.5 Å². The number of rotatable bonds is 3. The first-order valence-electron chi connectivity index (χ1n) is 5.45. The van der Waals surface area contributed by atoms with Crippen molar-refractivity contribution < 1.29 is 4.74 Å². The summed E-state index contributed by atoms with van der Waals surface area (Å²) in [6.07, 6.45) is 1.96. The number of hydrogen-bond donors (Lipinski definition) is 0. The molecule has 0 aromatic heterocycles. The maximum Gasteiger partial charge on any atom is 0.135 e. The van der Waals surface area contributed by atoms with Crippen LogP contribution in [-0.2, 0) is 0 Å². The Hall–Kier alpha value is -1.76. The van der Waals surface area contributed by atoms with E-state index in [2.05, 4.69) is 24.8 Å². The quantitative estimate of drug-likeness (QED) is 0.743. The van der Waals surface area contributed by atoms with Gasteiger partial charge in [0.2, 0.25) is 0 Å². The standard InChI is InChI=1S/C15H15O/c1-4-12-9-13-7-5-6-8-14(13)10-15(12)16-11(2)3/h4-9,11H,1H2,2-3H3. The van der Waals surface area contributed by atoms with Crippen molar-refractivity contribution in [2.75, 3.05) is 0 Å². The fourth-order valence-corrected chi connectivity index (χ4v) is 1.65. The Labute approximate surface area is 96.4 Å². The van der Waals surface area contributed by atoms with Crippen LogP contribution >= 0.6 is 0 Å². The van der Waals surface area contributed by atoms with Gasteiger partial charge in [-0.15, -0.1) is 0 Å². The summed E-state index contributed by atoms with van der Waals surface area (Å²) in [5.74, 6) is 0.781. The van der Waals surface area contributed by atoms with Crippen LogP contribution in [0.15, 0.2) is 36.9 Å². The third kappa shape index (κ3) is 2.08. The van der Waals surface area contributed by atoms with Gasteiger partial charge in [0, 0.05) is 11.6 Å². The minimum atomic E-state index is 0.149. The zero-order valence-corrected chi connectivity index (χ0v) is 9.66. The van der Waals surface area contributed by atoms with Gasteiger partial charge in [-0.3, -0.25) is 0 Å². The summed E-state index contributed by atoms with van der Waals surface area (Å²) in [6.45, 7) is 7.83. The van der Waals surface area contributed by atoms with Gasteiger partial charge < -0.3 is 4.74 Å². The topological polar surface area (TPSA) is 9.23 Å². The molecule has 2 rings (SSSR count). The number of fused-ring (bicyclic) bond motifs is 1. The minimum absolute atomic E-state index is 0.149. The molecule has 0 aliphatic heterocycles. The van der Waals surface area contributed by atoms with Crippen LogP contribution in [0.25, 0.3) is 16.8 Å². The molecule has 0 amide bonds. The van der Waals surface area contributed by atoms with Gasteiger partial charge in [-0.25, -0.2) is 0 Å². The Morgan fingerprint density at radius 3 is 2.75 bits per heavy atom. The highest BCUT2D eigenvalue weighted by Crippen LogP contribution is 2.26. The first kappa shape index (κ1) is 10.7. The van der Waals surface area contributed by atoms with Crippen LogP contribution in [0.2, 0.25) is 0 Å². The van der Waals surface area contributed by atoms with Crippen molar-refractivity contribution in [3.63, 3.8) is 0 Å². The van der Waals surface area contributed by atoms with Crippen LogP contribution in [0.1, 0.15) is 19.4 Å². The Kier molecular flexibility index (Phi) is 2.95. The summed E-state index contributed by atoms with van der Waals surface area (Å²) in [5.41, 5.74) is 0.993. The minimum Gasteiger partial charge on any atom is -0.490 e. The van der Waals surface area contributed by atoms with Crippen molar-refractivity contribution in [1.82, 2.24) is 0 Å². The molecule has 0 N–H and O–H groups in total. The molecule has 0 saturated heterocycles. The van der Waals surface area contributed by atoms with Crippen LogP contribution in [0.5, 0.6) is 5.75 Å². The van der Waals surface area contributed by atoms with Gasteiger partial charge in [0.25, 0.3) is 0 Å². The highest BCUT2D eigenvalue weighted by atomic mass is 16.5. The molecule has 0 fully saturated rings. The van der Waals surface area contributed by atoms with Gasteiger partial charge in [0.1, 0.15) is 5.75 Å². The normalized spacial score (nSPS) is 10.7. The molecule has 2 aromatic rings. The van der Waals surface area contributed by atoms with E-state index in [1.165, 1.54) is 0 Å². The highest BCUT2D eigenvalue weighted by molar-refractivity contribution is 5.86. The third-order valence-corrected chi connectivity index (χ3v) is 2.36. The highest BCUT2D eigenvalue weighted by Gasteiger charge is 2.05. The average molecular weight is 211 g/mol. The van der Waals surface area contributed by atoms with Crippen LogP contribution in [0, 0.1) is 6.07 Å². The van der Waals surface area contributed by atoms with Gasteiger partial charge in [-0.2, -0.15) is 0 Å². The molecular weight excluding hydrogens is 196 g/mol. The molecule has 0 aliphatic rings. The van der Waals surface area contributed by atoms with E-state index in [1.54, 1.807) is 6.08 Å². The van der Waals surface area contributed by atoms with Crippen molar-refractivity contribution in [2.45, 2.75) is 20.0 Å². The molecule has 0 aliphatic carbocycles. The van der Waals surface area contributed by atoms with Crippen LogP contribution < -0.4 is 4.74 Å². The maximum absolute atomic E-state index is 5.72. The molecule has 0 spiro atoms. The first-order valence-corrected chi connectivity index (χ1v) is 5.45. The molecular formula is C15H15O. The number of benzene rings is 2. The summed E-state index contributed by atoms with van der Waals surface area (Å²) in [4.78, 5) is 0. The van der Waals surface area contributed by atoms with E-state index in [4.69, 9.17) is 4.74 Å². The van der Waals surface area contributed by atoms with E-state index in [0.717, 1.165) is 22.1 Å². The van der Waals surface area contributed by atoms with E-state index in [-0.39, 0.29) is 6.10 Å². The van der Waals surface area contributed by atoms with Crippen molar-refractivity contribution in [3.8, 4) is 5.75 Å². The van der Waals surface area contributed by atoms with Gasteiger partial charge in [-0.05, 0) is 30.7 Å². The Bertz CT molecular complexity index is 512. The second-order valence-corrected chi connectivity index (χ2v) is 4.01. The van der Waals surface area contributed by atoms with Gasteiger partial charge in [-0.1, -0.05) is 36.9 Å². The largest absolute Gasteiger partial charge is 0.490 e. The second-order valence-electron chi connectivity index (χ2n) is 4.01. The van der Waals surface area contributed by atoms with Crippen molar-refractivity contribution in [1.29, 1.82) is 0 Å². The van der Waals surface area contributed by atoms with E-state index < -0.39 is 0 Å². The summed E-state index contributed by atoms with van der Waals surface area (Å²) >= 11 is 0. The van der Waals surface area contributed by atoms with Crippen LogP contribution in [-0.4, -0.2) is 6.10 Å². The fourth-order valence-electron chi connectivity index (χ4n) is 1.65. The summed E-state index contributed by atoms with van der Waals surface area (Å²) in [6, 6.07) is 13.5.